The van der Waals surface area contributed by atoms with Gasteiger partial charge in [0.2, 0.25) is 0 Å². The molecule has 0 atom stereocenters. The van der Waals surface area contributed by atoms with Crippen molar-refractivity contribution >= 4 is 0 Å². The van der Waals surface area contributed by atoms with Crippen molar-refractivity contribution in [1.29, 1.82) is 0 Å². The first-order valence-corrected chi connectivity index (χ1v) is 10.4. The molecule has 0 rings (SSSR count). The van der Waals surface area contributed by atoms with Crippen molar-refractivity contribution in [3.05, 3.63) is 0 Å². The molecule has 0 aromatic carbocycles. The number of unbranched alkanes of at least 4 members (excludes halogenated alkanes) is 1. The average molecular weight is 342 g/mol. The van der Waals surface area contributed by atoms with Crippen LogP contribution in [0.15, 0.2) is 0 Å². The van der Waals surface area contributed by atoms with Crippen LogP contribution in [-0.2, 0) is 0 Å². The second-order valence-corrected chi connectivity index (χ2v) is 8.34. The van der Waals surface area contributed by atoms with Crippen molar-refractivity contribution in [2.45, 2.75) is 106 Å². The fourth-order valence-electron chi connectivity index (χ4n) is 3.61. The lowest BCUT2D eigenvalue weighted by molar-refractivity contribution is 0.149. The molecule has 0 N–H and O–H groups in total. The molecule has 24 heavy (non-hydrogen) atoms. The van der Waals surface area contributed by atoms with Gasteiger partial charge >= 0.3 is 0 Å². The Morgan fingerprint density at radius 2 is 0.917 bits per heavy atom. The van der Waals surface area contributed by atoms with E-state index in [1.807, 2.05) is 0 Å². The summed E-state index contributed by atoms with van der Waals surface area (Å²) >= 11 is 0. The van der Waals surface area contributed by atoms with E-state index in [9.17, 15) is 0 Å². The first-order valence-electron chi connectivity index (χ1n) is 10.4. The summed E-state index contributed by atoms with van der Waals surface area (Å²) in [6.07, 6.45) is 3.92. The van der Waals surface area contributed by atoms with Gasteiger partial charge in [0.05, 0.1) is 0 Å². The van der Waals surface area contributed by atoms with E-state index in [0.717, 1.165) is 0 Å². The summed E-state index contributed by atoms with van der Waals surface area (Å²) in [7, 11) is 0. The maximum atomic E-state index is 2.67. The maximum absolute atomic E-state index is 2.67. The number of hydrogen-bond donors (Lipinski definition) is 0. The zero-order valence-electron chi connectivity index (χ0n) is 18.3. The lowest BCUT2D eigenvalue weighted by Gasteiger charge is -2.32. The molecule has 0 bridgehead atoms. The molecule has 146 valence electrons. The van der Waals surface area contributed by atoms with Crippen LogP contribution in [0.25, 0.3) is 0 Å². The van der Waals surface area contributed by atoms with Crippen LogP contribution in [0, 0.1) is 0 Å². The fraction of sp³-hybridized carbons (Fsp3) is 1.00. The Kier molecular flexibility index (Phi) is 13.1. The highest BCUT2D eigenvalue weighted by Gasteiger charge is 2.15. The van der Waals surface area contributed by atoms with Gasteiger partial charge in [0.25, 0.3) is 0 Å². The maximum Gasteiger partial charge on any atom is 0.00413 e. The standard InChI is InChI=1S/C21H47N3/c1-10-22(18(2)3)14-11-12-15-23(19(4)5)16-13-17-24(20(6)7)21(8)9/h18-21H,10-17H2,1-9H3. The van der Waals surface area contributed by atoms with Gasteiger partial charge in [0.15, 0.2) is 0 Å². The van der Waals surface area contributed by atoms with Crippen molar-refractivity contribution in [2.75, 3.05) is 32.7 Å². The van der Waals surface area contributed by atoms with Crippen LogP contribution < -0.4 is 0 Å². The van der Waals surface area contributed by atoms with Gasteiger partial charge in [-0.3, -0.25) is 4.90 Å². The highest BCUT2D eigenvalue weighted by molar-refractivity contribution is 4.70. The Morgan fingerprint density at radius 3 is 1.29 bits per heavy atom. The van der Waals surface area contributed by atoms with E-state index in [4.69, 9.17) is 0 Å². The second-order valence-electron chi connectivity index (χ2n) is 8.34. The minimum absolute atomic E-state index is 0.647. The van der Waals surface area contributed by atoms with E-state index in [1.54, 1.807) is 0 Å². The fourth-order valence-corrected chi connectivity index (χ4v) is 3.61. The molecule has 0 unspecified atom stereocenters. The van der Waals surface area contributed by atoms with Crippen LogP contribution >= 0.6 is 0 Å². The molecule has 0 radical (unpaired) electrons. The van der Waals surface area contributed by atoms with E-state index in [0.29, 0.717) is 24.2 Å². The summed E-state index contributed by atoms with van der Waals surface area (Å²) in [5.74, 6) is 0. The van der Waals surface area contributed by atoms with Gasteiger partial charge in [0, 0.05) is 24.2 Å². The van der Waals surface area contributed by atoms with Crippen LogP contribution in [0.2, 0.25) is 0 Å². The van der Waals surface area contributed by atoms with Crippen molar-refractivity contribution in [3.8, 4) is 0 Å². The Hall–Kier alpha value is -0.120. The normalized spacial score (nSPS) is 13.0. The predicted octanol–water partition coefficient (Wildman–Crippen LogP) is 4.72. The number of hydrogen-bond acceptors (Lipinski definition) is 3. The minimum Gasteiger partial charge on any atom is -0.301 e. The van der Waals surface area contributed by atoms with E-state index in [-0.39, 0.29) is 0 Å². The largest absolute Gasteiger partial charge is 0.301 e. The average Bonchev–Trinajstić information content (AvgIpc) is 2.47. The van der Waals surface area contributed by atoms with Crippen molar-refractivity contribution in [3.63, 3.8) is 0 Å². The summed E-state index contributed by atoms with van der Waals surface area (Å²) in [5, 5.41) is 0. The van der Waals surface area contributed by atoms with Crippen LogP contribution in [-0.4, -0.2) is 71.6 Å². The number of nitrogens with zero attached hydrogens (tertiary/aromatic N) is 3. The zero-order chi connectivity index (χ0) is 18.7. The van der Waals surface area contributed by atoms with E-state index in [1.165, 1.54) is 52.0 Å². The lowest BCUT2D eigenvalue weighted by atomic mass is 10.2. The van der Waals surface area contributed by atoms with Gasteiger partial charge in [-0.15, -0.1) is 0 Å². The van der Waals surface area contributed by atoms with E-state index >= 15 is 0 Å². The minimum atomic E-state index is 0.647. The van der Waals surface area contributed by atoms with Gasteiger partial charge in [-0.2, -0.15) is 0 Å². The molecule has 0 aliphatic carbocycles. The molecule has 0 aromatic rings. The highest BCUT2D eigenvalue weighted by atomic mass is 15.2. The monoisotopic (exact) mass is 341 g/mol. The van der Waals surface area contributed by atoms with Gasteiger partial charge in [-0.25, -0.2) is 0 Å². The molecular formula is C21H47N3. The SMILES string of the molecule is CCN(CCCCN(CCCN(C(C)C)C(C)C)C(C)C)C(C)C. The van der Waals surface area contributed by atoms with Crippen LogP contribution in [0.1, 0.15) is 81.6 Å². The first kappa shape index (κ1) is 23.9. The molecule has 0 saturated carbocycles. The third-order valence-electron chi connectivity index (χ3n) is 5.20. The van der Waals surface area contributed by atoms with Crippen LogP contribution in [0.5, 0.6) is 0 Å². The summed E-state index contributed by atoms with van der Waals surface area (Å²) in [6, 6.07) is 2.63. The molecule has 0 saturated heterocycles. The quantitative estimate of drug-likeness (QED) is 0.423. The van der Waals surface area contributed by atoms with Gasteiger partial charge in [-0.1, -0.05) is 6.92 Å². The third kappa shape index (κ3) is 10.0. The second kappa shape index (κ2) is 13.1. The summed E-state index contributed by atoms with van der Waals surface area (Å²) in [5.41, 5.74) is 0. The number of rotatable bonds is 14. The van der Waals surface area contributed by atoms with Gasteiger partial charge in [-0.05, 0) is 107 Å². The van der Waals surface area contributed by atoms with E-state index < -0.39 is 0 Å². The Labute approximate surface area is 153 Å². The molecule has 0 spiro atoms. The molecule has 0 heterocycles. The Bertz CT molecular complexity index is 279. The van der Waals surface area contributed by atoms with E-state index in [2.05, 4.69) is 77.0 Å². The molecular weight excluding hydrogens is 294 g/mol. The molecule has 0 aliphatic heterocycles. The Morgan fingerprint density at radius 1 is 0.500 bits per heavy atom. The summed E-state index contributed by atoms with van der Waals surface area (Å²) in [4.78, 5) is 7.85. The highest BCUT2D eigenvalue weighted by Crippen LogP contribution is 2.09. The third-order valence-corrected chi connectivity index (χ3v) is 5.20. The predicted molar refractivity (Wildman–Crippen MR) is 110 cm³/mol. The van der Waals surface area contributed by atoms with Crippen LogP contribution in [0.4, 0.5) is 0 Å². The van der Waals surface area contributed by atoms with Crippen molar-refractivity contribution < 1.29 is 0 Å². The van der Waals surface area contributed by atoms with Gasteiger partial charge < -0.3 is 9.80 Å². The Balaban J connectivity index is 4.14. The molecule has 0 aliphatic rings. The smallest absolute Gasteiger partial charge is 0.00413 e. The lowest BCUT2D eigenvalue weighted by Crippen LogP contribution is -2.40. The topological polar surface area (TPSA) is 9.72 Å². The summed E-state index contributed by atoms with van der Waals surface area (Å²) < 4.78 is 0. The first-order chi connectivity index (χ1) is 11.2. The van der Waals surface area contributed by atoms with Crippen molar-refractivity contribution in [1.82, 2.24) is 14.7 Å². The molecule has 3 nitrogen and oxygen atoms in total. The molecule has 0 fully saturated rings. The van der Waals surface area contributed by atoms with Crippen LogP contribution in [0.3, 0.4) is 0 Å². The van der Waals surface area contributed by atoms with Crippen molar-refractivity contribution in [2.24, 2.45) is 0 Å². The summed E-state index contributed by atoms with van der Waals surface area (Å²) in [6.45, 7) is 26.9. The molecule has 3 heteroatoms. The molecule has 0 aromatic heterocycles. The molecule has 0 amide bonds. The zero-order valence-corrected chi connectivity index (χ0v) is 18.3. The van der Waals surface area contributed by atoms with Gasteiger partial charge in [0.1, 0.15) is 0 Å².